The van der Waals surface area contributed by atoms with E-state index in [2.05, 4.69) is 20.7 Å². The van der Waals surface area contributed by atoms with Gasteiger partial charge in [-0.1, -0.05) is 13.8 Å². The Balaban J connectivity index is 2.14. The van der Waals surface area contributed by atoms with Crippen LogP contribution in [-0.2, 0) is 21.4 Å². The second-order valence-electron chi connectivity index (χ2n) is 5.68. The van der Waals surface area contributed by atoms with Crippen molar-refractivity contribution in [1.82, 2.24) is 4.72 Å². The molecule has 0 aliphatic heterocycles. The highest BCUT2D eigenvalue weighted by atomic mass is 79.9. The number of rotatable bonds is 6. The monoisotopic (exact) mass is 381 g/mol. The number of hydrogen-bond acceptors (Lipinski definition) is 5. The predicted molar refractivity (Wildman–Crippen MR) is 80.3 cm³/mol. The van der Waals surface area contributed by atoms with E-state index in [1.54, 1.807) is 0 Å². The number of furan rings is 1. The van der Waals surface area contributed by atoms with E-state index in [0.29, 0.717) is 13.0 Å². The molecule has 1 aromatic heterocycles. The minimum Gasteiger partial charge on any atom is -0.450 e. The summed E-state index contributed by atoms with van der Waals surface area (Å²) >= 11 is 3.07. The molecule has 1 saturated carbocycles. The summed E-state index contributed by atoms with van der Waals surface area (Å²) in [5, 5.41) is 9.01. The zero-order valence-electron chi connectivity index (χ0n) is 12.2. The van der Waals surface area contributed by atoms with Crippen LogP contribution in [0.15, 0.2) is 20.0 Å². The van der Waals surface area contributed by atoms with Crippen molar-refractivity contribution in [3.8, 4) is 0 Å². The molecule has 2 unspecified atom stereocenters. The van der Waals surface area contributed by atoms with E-state index >= 15 is 0 Å². The highest BCUT2D eigenvalue weighted by Gasteiger charge is 2.50. The number of nitrogens with one attached hydrogen (secondary N) is 1. The van der Waals surface area contributed by atoms with Gasteiger partial charge in [0.1, 0.15) is 17.3 Å². The van der Waals surface area contributed by atoms with Gasteiger partial charge >= 0.3 is 0 Å². The fourth-order valence-corrected chi connectivity index (χ4v) is 4.88. The molecule has 0 saturated heterocycles. The van der Waals surface area contributed by atoms with Crippen LogP contribution in [0.4, 0.5) is 0 Å². The van der Waals surface area contributed by atoms with Crippen LogP contribution in [-0.4, -0.2) is 32.3 Å². The fraction of sp³-hybridized carbons (Fsp3) is 0.692. The van der Waals surface area contributed by atoms with Crippen molar-refractivity contribution >= 4 is 26.0 Å². The lowest BCUT2D eigenvalue weighted by molar-refractivity contribution is -0.108. The smallest absolute Gasteiger partial charge is 0.245 e. The quantitative estimate of drug-likeness (QED) is 0.786. The summed E-state index contributed by atoms with van der Waals surface area (Å²) in [6, 6.07) is 1.12. The minimum atomic E-state index is -3.71. The standard InChI is InChI=1S/C13H20BrNO5S/c1-4-19-11-6-10(13(11,2)3)15-21(17,18)9-5-8(7-16)20-12(9)14/h5,10-11,15-16H,4,6-7H2,1-3H3. The summed E-state index contributed by atoms with van der Waals surface area (Å²) in [5.74, 6) is 0.197. The van der Waals surface area contributed by atoms with Crippen molar-refractivity contribution in [3.63, 3.8) is 0 Å². The van der Waals surface area contributed by atoms with E-state index in [4.69, 9.17) is 14.3 Å². The maximum absolute atomic E-state index is 12.4. The number of halogens is 1. The van der Waals surface area contributed by atoms with Crippen molar-refractivity contribution < 1.29 is 22.7 Å². The normalized spacial score (nSPS) is 24.8. The average molecular weight is 382 g/mol. The van der Waals surface area contributed by atoms with Gasteiger partial charge in [0.25, 0.3) is 0 Å². The first-order chi connectivity index (χ1) is 9.72. The van der Waals surface area contributed by atoms with Gasteiger partial charge in [0.15, 0.2) is 4.67 Å². The van der Waals surface area contributed by atoms with Crippen LogP contribution in [0.3, 0.4) is 0 Å². The van der Waals surface area contributed by atoms with Crippen LogP contribution < -0.4 is 4.72 Å². The van der Waals surface area contributed by atoms with Crippen LogP contribution in [0, 0.1) is 5.41 Å². The summed E-state index contributed by atoms with van der Waals surface area (Å²) in [4.78, 5) is 0.00205. The first-order valence-electron chi connectivity index (χ1n) is 6.75. The lowest BCUT2D eigenvalue weighted by Gasteiger charge is -2.51. The van der Waals surface area contributed by atoms with E-state index in [9.17, 15) is 8.42 Å². The maximum atomic E-state index is 12.4. The number of aliphatic hydroxyl groups is 1. The summed E-state index contributed by atoms with van der Waals surface area (Å²) in [5.41, 5.74) is -0.265. The largest absolute Gasteiger partial charge is 0.450 e. The molecule has 1 heterocycles. The summed E-state index contributed by atoms with van der Waals surface area (Å²) in [7, 11) is -3.71. The van der Waals surface area contributed by atoms with Crippen molar-refractivity contribution in [2.45, 2.75) is 50.8 Å². The highest BCUT2D eigenvalue weighted by Crippen LogP contribution is 2.43. The Kier molecular flexibility index (Phi) is 4.84. The van der Waals surface area contributed by atoms with E-state index in [-0.39, 0.29) is 39.5 Å². The summed E-state index contributed by atoms with van der Waals surface area (Å²) in [6.45, 7) is 6.14. The second-order valence-corrected chi connectivity index (χ2v) is 8.09. The molecule has 6 nitrogen and oxygen atoms in total. The van der Waals surface area contributed by atoms with Crippen LogP contribution in [0.5, 0.6) is 0 Å². The summed E-state index contributed by atoms with van der Waals surface area (Å²) in [6.07, 6.45) is 0.693. The Morgan fingerprint density at radius 2 is 2.24 bits per heavy atom. The number of ether oxygens (including phenoxy) is 1. The van der Waals surface area contributed by atoms with Crippen LogP contribution in [0.1, 0.15) is 33.0 Å². The van der Waals surface area contributed by atoms with E-state index in [1.807, 2.05) is 20.8 Å². The molecule has 21 heavy (non-hydrogen) atoms. The van der Waals surface area contributed by atoms with Gasteiger partial charge in [-0.2, -0.15) is 0 Å². The first-order valence-corrected chi connectivity index (χ1v) is 9.03. The molecule has 2 rings (SSSR count). The molecule has 0 bridgehead atoms. The van der Waals surface area contributed by atoms with Gasteiger partial charge in [0, 0.05) is 24.1 Å². The van der Waals surface area contributed by atoms with Crippen LogP contribution >= 0.6 is 15.9 Å². The molecule has 1 fully saturated rings. The molecule has 1 aliphatic carbocycles. The molecule has 0 aromatic carbocycles. The summed E-state index contributed by atoms with van der Waals surface area (Å²) < 4.78 is 38.3. The number of aliphatic hydroxyl groups excluding tert-OH is 1. The van der Waals surface area contributed by atoms with E-state index in [1.165, 1.54) is 6.07 Å². The van der Waals surface area contributed by atoms with Gasteiger partial charge in [-0.05, 0) is 29.3 Å². The van der Waals surface area contributed by atoms with E-state index in [0.717, 1.165) is 0 Å². The minimum absolute atomic E-state index is 0.00205. The molecular weight excluding hydrogens is 362 g/mol. The topological polar surface area (TPSA) is 88.8 Å². The highest BCUT2D eigenvalue weighted by molar-refractivity contribution is 9.10. The van der Waals surface area contributed by atoms with Gasteiger partial charge < -0.3 is 14.3 Å². The third-order valence-electron chi connectivity index (χ3n) is 3.99. The zero-order valence-corrected chi connectivity index (χ0v) is 14.6. The molecule has 0 amide bonds. The Hall–Kier alpha value is -0.410. The predicted octanol–water partition coefficient (Wildman–Crippen LogP) is 2.02. The second kappa shape index (κ2) is 6.00. The van der Waals surface area contributed by atoms with Crippen molar-refractivity contribution in [2.24, 2.45) is 5.41 Å². The Morgan fingerprint density at radius 1 is 1.57 bits per heavy atom. The maximum Gasteiger partial charge on any atom is 0.245 e. The van der Waals surface area contributed by atoms with E-state index < -0.39 is 10.0 Å². The van der Waals surface area contributed by atoms with Crippen molar-refractivity contribution in [2.75, 3.05) is 6.61 Å². The zero-order chi connectivity index (χ0) is 15.8. The Morgan fingerprint density at radius 3 is 2.71 bits per heavy atom. The van der Waals surface area contributed by atoms with Gasteiger partial charge in [-0.25, -0.2) is 13.1 Å². The van der Waals surface area contributed by atoms with Crippen molar-refractivity contribution in [1.29, 1.82) is 0 Å². The Labute approximate surface area is 133 Å². The molecule has 0 radical (unpaired) electrons. The molecule has 1 aromatic rings. The third-order valence-corrected chi connectivity index (χ3v) is 6.32. The van der Waals surface area contributed by atoms with Gasteiger partial charge in [-0.3, -0.25) is 0 Å². The number of sulfonamides is 1. The molecule has 8 heteroatoms. The van der Waals surface area contributed by atoms with Crippen molar-refractivity contribution in [3.05, 3.63) is 16.5 Å². The van der Waals surface area contributed by atoms with Gasteiger partial charge in [-0.15, -0.1) is 0 Å². The fourth-order valence-electron chi connectivity index (χ4n) is 2.48. The first kappa shape index (κ1) is 17.0. The lowest BCUT2D eigenvalue weighted by atomic mass is 9.65. The van der Waals surface area contributed by atoms with Gasteiger partial charge in [0.2, 0.25) is 10.0 Å². The van der Waals surface area contributed by atoms with Gasteiger partial charge in [0.05, 0.1) is 6.10 Å². The molecule has 2 N–H and O–H groups in total. The molecule has 2 atom stereocenters. The molecule has 0 spiro atoms. The lowest BCUT2D eigenvalue weighted by Crippen LogP contribution is -2.61. The van der Waals surface area contributed by atoms with Crippen LogP contribution in [0.2, 0.25) is 0 Å². The molecular formula is C13H20BrNO5S. The molecule has 120 valence electrons. The third kappa shape index (κ3) is 3.19. The number of hydrogen-bond donors (Lipinski definition) is 2. The van der Waals surface area contributed by atoms with Crippen LogP contribution in [0.25, 0.3) is 0 Å². The Bertz CT molecular complexity index is 610. The molecule has 1 aliphatic rings. The SMILES string of the molecule is CCOC1CC(NS(=O)(=O)c2cc(CO)oc2Br)C1(C)C. The average Bonchev–Trinajstić information content (AvgIpc) is 2.80.